The highest BCUT2D eigenvalue weighted by molar-refractivity contribution is 7.28. The molecular weight excluding hydrogens is 168 g/mol. The van der Waals surface area contributed by atoms with Crippen LogP contribution in [-0.4, -0.2) is 21.8 Å². The van der Waals surface area contributed by atoms with Crippen LogP contribution in [0.15, 0.2) is 0 Å². The van der Waals surface area contributed by atoms with Gasteiger partial charge in [0, 0.05) is 5.60 Å². The first-order valence-corrected chi connectivity index (χ1v) is 10.6. The van der Waals surface area contributed by atoms with Crippen molar-refractivity contribution in [3.05, 3.63) is 0 Å². The molecule has 0 atom stereocenters. The zero-order chi connectivity index (χ0) is 9.28. The van der Waals surface area contributed by atoms with Gasteiger partial charge in [0.2, 0.25) is 0 Å². The molecule has 0 aliphatic carbocycles. The number of rotatable bonds is 2. The van der Waals surface area contributed by atoms with Gasteiger partial charge in [-0.05, 0) is 33.9 Å². The summed E-state index contributed by atoms with van der Waals surface area (Å²) >= 11 is 0. The highest BCUT2D eigenvalue weighted by atomic mass is 29.2. The molecule has 1 radical (unpaired) electrons. The van der Waals surface area contributed by atoms with Crippen LogP contribution in [0.3, 0.4) is 0 Å². The maximum absolute atomic E-state index is 6.07. The molecular formula is C8H21OSi2. The molecule has 0 heterocycles. The average molecular weight is 189 g/mol. The molecule has 0 amide bonds. The SMILES string of the molecule is C[Si](C)[Si](C)(C)OC(C)(C)C. The van der Waals surface area contributed by atoms with Crippen LogP contribution in [0.1, 0.15) is 20.8 Å². The molecule has 0 unspecified atom stereocenters. The Hall–Kier alpha value is 0.394. The Morgan fingerprint density at radius 2 is 1.45 bits per heavy atom. The minimum atomic E-state index is -1.31. The van der Waals surface area contributed by atoms with Crippen LogP contribution in [0, 0.1) is 0 Å². The second kappa shape index (κ2) is 3.41. The third kappa shape index (κ3) is 4.77. The fraction of sp³-hybridized carbons (Fsp3) is 1.00. The molecule has 0 aromatic heterocycles. The summed E-state index contributed by atoms with van der Waals surface area (Å²) in [6.45, 7) is 15.8. The number of hydrogen-bond acceptors (Lipinski definition) is 1. The minimum Gasteiger partial charge on any atom is -0.416 e. The highest BCUT2D eigenvalue weighted by Gasteiger charge is 2.32. The third-order valence-electron chi connectivity index (χ3n) is 1.77. The van der Waals surface area contributed by atoms with Crippen LogP contribution >= 0.6 is 0 Å². The van der Waals surface area contributed by atoms with Crippen molar-refractivity contribution in [2.24, 2.45) is 0 Å². The van der Waals surface area contributed by atoms with Crippen molar-refractivity contribution in [2.75, 3.05) is 0 Å². The van der Waals surface area contributed by atoms with Gasteiger partial charge in [0.05, 0.1) is 8.31 Å². The highest BCUT2D eigenvalue weighted by Crippen LogP contribution is 2.18. The van der Waals surface area contributed by atoms with E-state index in [1.165, 1.54) is 0 Å². The summed E-state index contributed by atoms with van der Waals surface area (Å²) in [4.78, 5) is 0. The van der Waals surface area contributed by atoms with Gasteiger partial charge >= 0.3 is 0 Å². The van der Waals surface area contributed by atoms with Gasteiger partial charge in [0.25, 0.3) is 0 Å². The van der Waals surface area contributed by atoms with Crippen LogP contribution in [0.2, 0.25) is 26.2 Å². The van der Waals surface area contributed by atoms with Crippen molar-refractivity contribution < 1.29 is 4.43 Å². The van der Waals surface area contributed by atoms with Crippen LogP contribution < -0.4 is 0 Å². The van der Waals surface area contributed by atoms with E-state index in [0.717, 1.165) is 0 Å². The van der Waals surface area contributed by atoms with Gasteiger partial charge in [-0.3, -0.25) is 0 Å². The maximum Gasteiger partial charge on any atom is 0.171 e. The molecule has 0 bridgehead atoms. The molecule has 3 heteroatoms. The first-order valence-electron chi connectivity index (χ1n) is 4.16. The summed E-state index contributed by atoms with van der Waals surface area (Å²) in [6, 6.07) is 0. The zero-order valence-corrected chi connectivity index (χ0v) is 10.9. The monoisotopic (exact) mass is 189 g/mol. The molecule has 0 fully saturated rings. The minimum absolute atomic E-state index is 0.0532. The predicted octanol–water partition coefficient (Wildman–Crippen LogP) is 2.84. The third-order valence-corrected chi connectivity index (χ3v) is 12.8. The van der Waals surface area contributed by atoms with Gasteiger partial charge in [-0.15, -0.1) is 0 Å². The molecule has 0 saturated heterocycles. The van der Waals surface area contributed by atoms with Crippen LogP contribution in [0.4, 0.5) is 0 Å². The molecule has 0 aliphatic rings. The lowest BCUT2D eigenvalue weighted by Crippen LogP contribution is -2.49. The van der Waals surface area contributed by atoms with E-state index in [1.807, 2.05) is 0 Å². The fourth-order valence-corrected chi connectivity index (χ4v) is 4.13. The zero-order valence-electron chi connectivity index (χ0n) is 8.91. The molecule has 0 aliphatic heterocycles. The van der Waals surface area contributed by atoms with Crippen molar-refractivity contribution >= 4 is 16.1 Å². The van der Waals surface area contributed by atoms with E-state index in [4.69, 9.17) is 4.43 Å². The van der Waals surface area contributed by atoms with Gasteiger partial charge in [-0.1, -0.05) is 13.1 Å². The Bertz CT molecular complexity index is 125. The van der Waals surface area contributed by atoms with Crippen molar-refractivity contribution in [3.8, 4) is 0 Å². The quantitative estimate of drug-likeness (QED) is 0.607. The average Bonchev–Trinajstić information content (AvgIpc) is 1.56. The van der Waals surface area contributed by atoms with Crippen molar-refractivity contribution in [2.45, 2.75) is 52.6 Å². The van der Waals surface area contributed by atoms with Crippen LogP contribution in [-0.2, 0) is 4.43 Å². The normalized spacial score (nSPS) is 14.2. The Kier molecular flexibility index (Phi) is 3.53. The topological polar surface area (TPSA) is 9.23 Å². The summed E-state index contributed by atoms with van der Waals surface area (Å²) in [5.74, 6) is 0. The van der Waals surface area contributed by atoms with Gasteiger partial charge in [0.1, 0.15) is 0 Å². The van der Waals surface area contributed by atoms with E-state index < -0.39 is 7.83 Å². The Morgan fingerprint density at radius 3 is 1.55 bits per heavy atom. The largest absolute Gasteiger partial charge is 0.416 e. The van der Waals surface area contributed by atoms with Crippen molar-refractivity contribution in [1.29, 1.82) is 0 Å². The van der Waals surface area contributed by atoms with Gasteiger partial charge in [-0.25, -0.2) is 0 Å². The Morgan fingerprint density at radius 1 is 1.09 bits per heavy atom. The Balaban J connectivity index is 4.13. The summed E-state index contributed by atoms with van der Waals surface area (Å²) < 4.78 is 6.07. The fourth-order valence-electron chi connectivity index (χ4n) is 0.868. The molecule has 0 aromatic carbocycles. The van der Waals surface area contributed by atoms with E-state index in [0.29, 0.717) is 0 Å². The van der Waals surface area contributed by atoms with Crippen molar-refractivity contribution in [1.82, 2.24) is 0 Å². The summed E-state index contributed by atoms with van der Waals surface area (Å²) in [7, 11) is -1.54. The van der Waals surface area contributed by atoms with Gasteiger partial charge in [0.15, 0.2) is 7.83 Å². The summed E-state index contributed by atoms with van der Waals surface area (Å²) in [6.07, 6.45) is 0. The molecule has 67 valence electrons. The second-order valence-corrected chi connectivity index (χ2v) is 16.6. The smallest absolute Gasteiger partial charge is 0.171 e. The standard InChI is InChI=1S/C8H21OSi2/c1-8(2,3)9-11(6,7)10(4)5/h1-7H3. The summed E-state index contributed by atoms with van der Waals surface area (Å²) in [5, 5.41) is 0. The maximum atomic E-state index is 6.07. The lowest BCUT2D eigenvalue weighted by molar-refractivity contribution is 0.127. The number of hydrogen-bond donors (Lipinski definition) is 0. The second-order valence-electron chi connectivity index (χ2n) is 4.72. The molecule has 0 aromatic rings. The van der Waals surface area contributed by atoms with E-state index >= 15 is 0 Å². The van der Waals surface area contributed by atoms with E-state index in [-0.39, 0.29) is 13.9 Å². The van der Waals surface area contributed by atoms with Crippen LogP contribution in [0.5, 0.6) is 0 Å². The van der Waals surface area contributed by atoms with E-state index in [9.17, 15) is 0 Å². The molecule has 0 rings (SSSR count). The molecule has 0 spiro atoms. The molecule has 11 heavy (non-hydrogen) atoms. The lowest BCUT2D eigenvalue weighted by Gasteiger charge is -2.34. The van der Waals surface area contributed by atoms with E-state index in [1.54, 1.807) is 0 Å². The van der Waals surface area contributed by atoms with E-state index in [2.05, 4.69) is 47.0 Å². The Labute approximate surface area is 73.7 Å². The van der Waals surface area contributed by atoms with Gasteiger partial charge in [-0.2, -0.15) is 0 Å². The molecule has 0 N–H and O–H groups in total. The molecule has 0 saturated carbocycles. The molecule has 1 nitrogen and oxygen atoms in total. The first-order chi connectivity index (χ1) is 4.65. The van der Waals surface area contributed by atoms with Crippen molar-refractivity contribution in [3.63, 3.8) is 0 Å². The van der Waals surface area contributed by atoms with Crippen LogP contribution in [0.25, 0.3) is 0 Å². The first kappa shape index (κ1) is 11.4. The predicted molar refractivity (Wildman–Crippen MR) is 55.8 cm³/mol. The van der Waals surface area contributed by atoms with Gasteiger partial charge < -0.3 is 4.43 Å². The lowest BCUT2D eigenvalue weighted by atomic mass is 10.2. The summed E-state index contributed by atoms with van der Waals surface area (Å²) in [5.41, 5.74) is 0.0532.